The summed E-state index contributed by atoms with van der Waals surface area (Å²) in [6.07, 6.45) is 4.42. The summed E-state index contributed by atoms with van der Waals surface area (Å²) in [5.74, 6) is 0.579. The van der Waals surface area contributed by atoms with Gasteiger partial charge in [-0.1, -0.05) is 6.07 Å². The number of nitrogens with zero attached hydrogens (tertiary/aromatic N) is 1. The second-order valence-corrected chi connectivity index (χ2v) is 3.95. The topological polar surface area (TPSA) is 34.0 Å². The molecule has 1 atom stereocenters. The molecular weight excluding hydrogens is 212 g/mol. The number of aromatic nitrogens is 1. The van der Waals surface area contributed by atoms with E-state index in [-0.39, 0.29) is 18.0 Å². The highest BCUT2D eigenvalue weighted by Gasteiger charge is 2.15. The van der Waals surface area contributed by atoms with Crippen molar-refractivity contribution in [3.63, 3.8) is 0 Å². The quantitative estimate of drug-likeness (QED) is 0.786. The van der Waals surface area contributed by atoms with E-state index >= 15 is 0 Å². The monoisotopic (exact) mass is 228 g/mol. The summed E-state index contributed by atoms with van der Waals surface area (Å²) < 4.78 is 1.66. The van der Waals surface area contributed by atoms with Crippen LogP contribution in [0.4, 0.5) is 0 Å². The van der Waals surface area contributed by atoms with Crippen molar-refractivity contribution in [2.75, 3.05) is 13.1 Å². The summed E-state index contributed by atoms with van der Waals surface area (Å²) in [4.78, 5) is 11.2. The number of nitrogens with one attached hydrogen (secondary N) is 1. The van der Waals surface area contributed by atoms with Crippen LogP contribution in [0.2, 0.25) is 0 Å². The normalized spacial score (nSPS) is 20.7. The Balaban J connectivity index is 0.00000112. The predicted octanol–water partition coefficient (Wildman–Crippen LogP) is 1.27. The van der Waals surface area contributed by atoms with Gasteiger partial charge >= 0.3 is 0 Å². The standard InChI is InChI=1S/C11H16N2O.ClH/c1-13-8-10(4-5-11(13)14)9-3-2-6-12-7-9;/h4-5,8-9,12H,2-3,6-7H2,1H3;1H/t9-;/m1./s1. The Morgan fingerprint density at radius 2 is 2.27 bits per heavy atom. The van der Waals surface area contributed by atoms with Gasteiger partial charge in [0.15, 0.2) is 0 Å². The average molecular weight is 229 g/mol. The van der Waals surface area contributed by atoms with Gasteiger partial charge in [0.05, 0.1) is 0 Å². The first-order chi connectivity index (χ1) is 6.77. The number of rotatable bonds is 1. The van der Waals surface area contributed by atoms with E-state index < -0.39 is 0 Å². The lowest BCUT2D eigenvalue weighted by atomic mass is 9.93. The molecule has 1 aliphatic heterocycles. The van der Waals surface area contributed by atoms with Gasteiger partial charge < -0.3 is 9.88 Å². The SMILES string of the molecule is Cl.Cn1cc([C@@H]2CCCNC2)ccc1=O. The molecule has 1 saturated heterocycles. The van der Waals surface area contributed by atoms with Crippen molar-refractivity contribution in [1.82, 2.24) is 9.88 Å². The van der Waals surface area contributed by atoms with Gasteiger partial charge in [-0.15, -0.1) is 12.4 Å². The lowest BCUT2D eigenvalue weighted by Crippen LogP contribution is -2.29. The number of pyridine rings is 1. The van der Waals surface area contributed by atoms with Gasteiger partial charge in [0.2, 0.25) is 5.56 Å². The minimum atomic E-state index is 0. The molecule has 1 aliphatic rings. The van der Waals surface area contributed by atoms with Crippen LogP contribution in [-0.2, 0) is 7.05 Å². The van der Waals surface area contributed by atoms with Crippen LogP contribution >= 0.6 is 12.4 Å². The second-order valence-electron chi connectivity index (χ2n) is 3.95. The molecule has 0 aromatic carbocycles. The van der Waals surface area contributed by atoms with Crippen LogP contribution in [0.25, 0.3) is 0 Å². The summed E-state index contributed by atoms with van der Waals surface area (Å²) in [6.45, 7) is 2.17. The third kappa shape index (κ3) is 2.83. The van der Waals surface area contributed by atoms with Crippen molar-refractivity contribution < 1.29 is 0 Å². The molecule has 0 amide bonds. The van der Waals surface area contributed by atoms with Gasteiger partial charge in [-0.05, 0) is 30.9 Å². The first kappa shape index (κ1) is 12.3. The van der Waals surface area contributed by atoms with Crippen LogP contribution in [0.15, 0.2) is 23.1 Å². The molecule has 4 heteroatoms. The van der Waals surface area contributed by atoms with Crippen LogP contribution in [0.3, 0.4) is 0 Å². The van der Waals surface area contributed by atoms with E-state index in [0.29, 0.717) is 5.92 Å². The van der Waals surface area contributed by atoms with Crippen molar-refractivity contribution >= 4 is 12.4 Å². The molecule has 1 aromatic heterocycles. The fraction of sp³-hybridized carbons (Fsp3) is 0.545. The molecular formula is C11H17ClN2O. The highest BCUT2D eigenvalue weighted by molar-refractivity contribution is 5.85. The molecule has 0 aliphatic carbocycles. The Hall–Kier alpha value is -0.800. The smallest absolute Gasteiger partial charge is 0.250 e. The number of hydrogen-bond acceptors (Lipinski definition) is 2. The molecule has 0 saturated carbocycles. The zero-order chi connectivity index (χ0) is 9.97. The summed E-state index contributed by atoms with van der Waals surface area (Å²) in [6, 6.07) is 3.62. The van der Waals surface area contributed by atoms with E-state index in [4.69, 9.17) is 0 Å². The molecule has 1 fully saturated rings. The fourth-order valence-electron chi connectivity index (χ4n) is 1.99. The predicted molar refractivity (Wildman–Crippen MR) is 63.8 cm³/mol. The van der Waals surface area contributed by atoms with Gasteiger partial charge in [0, 0.05) is 25.9 Å². The van der Waals surface area contributed by atoms with Crippen LogP contribution < -0.4 is 10.9 Å². The minimum Gasteiger partial charge on any atom is -0.318 e. The Morgan fingerprint density at radius 3 is 2.87 bits per heavy atom. The highest BCUT2D eigenvalue weighted by Crippen LogP contribution is 2.21. The van der Waals surface area contributed by atoms with Crippen LogP contribution in [0, 0.1) is 0 Å². The summed E-state index contributed by atoms with van der Waals surface area (Å²) in [5, 5.41) is 3.38. The molecule has 0 unspecified atom stereocenters. The maximum atomic E-state index is 11.2. The van der Waals surface area contributed by atoms with E-state index in [9.17, 15) is 4.79 Å². The Bertz CT molecular complexity index is 369. The molecule has 0 radical (unpaired) electrons. The molecule has 2 heterocycles. The molecule has 0 bridgehead atoms. The highest BCUT2D eigenvalue weighted by atomic mass is 35.5. The minimum absolute atomic E-state index is 0. The molecule has 15 heavy (non-hydrogen) atoms. The zero-order valence-corrected chi connectivity index (χ0v) is 9.72. The van der Waals surface area contributed by atoms with Crippen LogP contribution in [-0.4, -0.2) is 17.7 Å². The molecule has 1 aromatic rings. The zero-order valence-electron chi connectivity index (χ0n) is 8.90. The summed E-state index contributed by atoms with van der Waals surface area (Å²) in [5.41, 5.74) is 1.34. The third-order valence-electron chi connectivity index (χ3n) is 2.88. The molecule has 84 valence electrons. The lowest BCUT2D eigenvalue weighted by Gasteiger charge is -2.23. The van der Waals surface area contributed by atoms with Crippen molar-refractivity contribution in [3.05, 3.63) is 34.2 Å². The number of halogens is 1. The Kier molecular flexibility index (Phi) is 4.36. The molecule has 0 spiro atoms. The van der Waals surface area contributed by atoms with E-state index in [2.05, 4.69) is 5.32 Å². The van der Waals surface area contributed by atoms with E-state index in [1.807, 2.05) is 19.3 Å². The Morgan fingerprint density at radius 1 is 1.47 bits per heavy atom. The largest absolute Gasteiger partial charge is 0.318 e. The fourth-order valence-corrected chi connectivity index (χ4v) is 1.99. The van der Waals surface area contributed by atoms with Gasteiger partial charge in [0.1, 0.15) is 0 Å². The maximum Gasteiger partial charge on any atom is 0.250 e. The second kappa shape index (κ2) is 5.33. The maximum absolute atomic E-state index is 11.2. The Labute approximate surface area is 95.9 Å². The average Bonchev–Trinajstić information content (AvgIpc) is 2.23. The van der Waals surface area contributed by atoms with Crippen molar-refractivity contribution in [3.8, 4) is 0 Å². The molecule has 3 nitrogen and oxygen atoms in total. The van der Waals surface area contributed by atoms with Crippen molar-refractivity contribution in [2.45, 2.75) is 18.8 Å². The molecule has 1 N–H and O–H groups in total. The van der Waals surface area contributed by atoms with E-state index in [0.717, 1.165) is 13.1 Å². The number of piperidine rings is 1. The summed E-state index contributed by atoms with van der Waals surface area (Å²) in [7, 11) is 1.81. The number of hydrogen-bond donors (Lipinski definition) is 1. The van der Waals surface area contributed by atoms with Gasteiger partial charge in [-0.3, -0.25) is 4.79 Å². The van der Waals surface area contributed by atoms with Crippen LogP contribution in [0.1, 0.15) is 24.3 Å². The van der Waals surface area contributed by atoms with Crippen LogP contribution in [0.5, 0.6) is 0 Å². The number of aryl methyl sites for hydroxylation is 1. The van der Waals surface area contributed by atoms with Crippen molar-refractivity contribution in [1.29, 1.82) is 0 Å². The first-order valence-corrected chi connectivity index (χ1v) is 5.14. The van der Waals surface area contributed by atoms with Crippen molar-refractivity contribution in [2.24, 2.45) is 7.05 Å². The summed E-state index contributed by atoms with van der Waals surface area (Å²) >= 11 is 0. The third-order valence-corrected chi connectivity index (χ3v) is 2.88. The van der Waals surface area contributed by atoms with Gasteiger partial charge in [0.25, 0.3) is 0 Å². The van der Waals surface area contributed by atoms with E-state index in [1.165, 1.54) is 18.4 Å². The van der Waals surface area contributed by atoms with Gasteiger partial charge in [-0.2, -0.15) is 0 Å². The van der Waals surface area contributed by atoms with Gasteiger partial charge in [-0.25, -0.2) is 0 Å². The first-order valence-electron chi connectivity index (χ1n) is 5.14. The lowest BCUT2D eigenvalue weighted by molar-refractivity contribution is 0.459. The van der Waals surface area contributed by atoms with E-state index in [1.54, 1.807) is 10.6 Å². The molecule has 2 rings (SSSR count).